The Morgan fingerprint density at radius 1 is 0.913 bits per heavy atom. The molecule has 2 rings (SSSR count). The topological polar surface area (TPSA) is 20.2 Å². The molecule has 2 aromatic carbocycles. The minimum absolute atomic E-state index is 0.0725. The summed E-state index contributed by atoms with van der Waals surface area (Å²) in [6.07, 6.45) is 2.10. The fourth-order valence-electron chi connectivity index (χ4n) is 3.57. The summed E-state index contributed by atoms with van der Waals surface area (Å²) in [5.74, 6) is 0.355. The molecule has 0 amide bonds. The molecule has 0 spiro atoms. The second-order valence-electron chi connectivity index (χ2n) is 8.41. The van der Waals surface area contributed by atoms with Crippen molar-refractivity contribution in [1.82, 2.24) is 0 Å². The van der Waals surface area contributed by atoms with Crippen molar-refractivity contribution in [2.45, 2.75) is 59.8 Å². The minimum atomic E-state index is 0.0725. The molecule has 0 aliphatic carbocycles. The van der Waals surface area contributed by atoms with Crippen LogP contribution in [0.3, 0.4) is 0 Å². The van der Waals surface area contributed by atoms with Gasteiger partial charge < -0.3 is 5.11 Å². The van der Waals surface area contributed by atoms with E-state index in [0.29, 0.717) is 5.75 Å². The van der Waals surface area contributed by atoms with E-state index in [1.165, 1.54) is 11.1 Å². The van der Waals surface area contributed by atoms with Crippen LogP contribution in [0.25, 0.3) is 11.1 Å². The van der Waals surface area contributed by atoms with Crippen molar-refractivity contribution in [3.63, 3.8) is 0 Å². The van der Waals surface area contributed by atoms with Crippen LogP contribution in [-0.4, -0.2) is 5.11 Å². The standard InChI is InChI=1S/C22H30O/c1-7-16-9-8-10-17(13-16)19-14-18(11-12-20(19)23)22(5,6)15-21(2,3)4/h8-14,23H,7,15H2,1-6H3. The van der Waals surface area contributed by atoms with E-state index in [1.54, 1.807) is 0 Å². The number of phenolic OH excluding ortho intramolecular Hbond substituents is 1. The quantitative estimate of drug-likeness (QED) is 0.699. The van der Waals surface area contributed by atoms with Crippen molar-refractivity contribution >= 4 is 0 Å². The molecule has 0 aliphatic heterocycles. The summed E-state index contributed by atoms with van der Waals surface area (Å²) < 4.78 is 0. The van der Waals surface area contributed by atoms with Gasteiger partial charge in [-0.2, -0.15) is 0 Å². The van der Waals surface area contributed by atoms with Gasteiger partial charge in [0, 0.05) is 5.56 Å². The SMILES string of the molecule is CCc1cccc(-c2cc(C(C)(C)CC(C)(C)C)ccc2O)c1. The molecule has 0 bridgehead atoms. The first-order valence-corrected chi connectivity index (χ1v) is 8.55. The van der Waals surface area contributed by atoms with E-state index in [0.717, 1.165) is 24.0 Å². The normalized spacial score (nSPS) is 12.4. The lowest BCUT2D eigenvalue weighted by Crippen LogP contribution is -2.24. The first-order chi connectivity index (χ1) is 10.6. The summed E-state index contributed by atoms with van der Waals surface area (Å²) in [5, 5.41) is 10.4. The Morgan fingerprint density at radius 3 is 2.22 bits per heavy atom. The van der Waals surface area contributed by atoms with Gasteiger partial charge in [-0.3, -0.25) is 0 Å². The highest BCUT2D eigenvalue weighted by molar-refractivity contribution is 5.71. The summed E-state index contributed by atoms with van der Waals surface area (Å²) in [6, 6.07) is 14.5. The average Bonchev–Trinajstić information content (AvgIpc) is 2.45. The maximum atomic E-state index is 10.4. The van der Waals surface area contributed by atoms with E-state index in [2.05, 4.69) is 77.9 Å². The molecule has 1 N–H and O–H groups in total. The number of hydrogen-bond acceptors (Lipinski definition) is 1. The lowest BCUT2D eigenvalue weighted by Gasteiger charge is -2.33. The Kier molecular flexibility index (Phi) is 4.89. The van der Waals surface area contributed by atoms with Crippen LogP contribution in [0.1, 0.15) is 59.1 Å². The zero-order chi connectivity index (χ0) is 17.3. The van der Waals surface area contributed by atoms with E-state index in [4.69, 9.17) is 0 Å². The molecule has 124 valence electrons. The third-order valence-electron chi connectivity index (χ3n) is 4.40. The third-order valence-corrected chi connectivity index (χ3v) is 4.40. The molecule has 0 heterocycles. The molecule has 0 saturated heterocycles. The maximum absolute atomic E-state index is 10.4. The number of aryl methyl sites for hydroxylation is 1. The molecule has 0 atom stereocenters. The van der Waals surface area contributed by atoms with Gasteiger partial charge >= 0.3 is 0 Å². The second-order valence-corrected chi connectivity index (χ2v) is 8.41. The molecule has 0 unspecified atom stereocenters. The van der Waals surface area contributed by atoms with Gasteiger partial charge in [-0.05, 0) is 52.5 Å². The highest BCUT2D eigenvalue weighted by Gasteiger charge is 2.27. The molecular weight excluding hydrogens is 280 g/mol. The number of benzene rings is 2. The molecule has 0 radical (unpaired) electrons. The van der Waals surface area contributed by atoms with E-state index < -0.39 is 0 Å². The molecular formula is C22H30O. The van der Waals surface area contributed by atoms with Gasteiger partial charge in [0.05, 0.1) is 0 Å². The molecule has 1 heteroatoms. The van der Waals surface area contributed by atoms with Crippen LogP contribution in [0, 0.1) is 5.41 Å². The summed E-state index contributed by atoms with van der Waals surface area (Å²) in [4.78, 5) is 0. The average molecular weight is 310 g/mol. The molecule has 2 aromatic rings. The van der Waals surface area contributed by atoms with Crippen LogP contribution >= 0.6 is 0 Å². The summed E-state index contributed by atoms with van der Waals surface area (Å²) in [5.41, 5.74) is 4.94. The van der Waals surface area contributed by atoms with Crippen LogP contribution in [-0.2, 0) is 11.8 Å². The summed E-state index contributed by atoms with van der Waals surface area (Å²) in [6.45, 7) is 13.6. The first kappa shape index (κ1) is 17.6. The molecule has 23 heavy (non-hydrogen) atoms. The molecule has 0 saturated carbocycles. The van der Waals surface area contributed by atoms with Crippen molar-refractivity contribution in [2.75, 3.05) is 0 Å². The molecule has 1 nitrogen and oxygen atoms in total. The predicted molar refractivity (Wildman–Crippen MR) is 100 cm³/mol. The van der Waals surface area contributed by atoms with E-state index in [9.17, 15) is 5.11 Å². The Labute approximate surface area is 141 Å². The fraction of sp³-hybridized carbons (Fsp3) is 0.455. The van der Waals surface area contributed by atoms with Crippen molar-refractivity contribution in [3.8, 4) is 16.9 Å². The number of aromatic hydroxyl groups is 1. The van der Waals surface area contributed by atoms with Crippen molar-refractivity contribution in [1.29, 1.82) is 0 Å². The van der Waals surface area contributed by atoms with Gasteiger partial charge in [0.2, 0.25) is 0 Å². The minimum Gasteiger partial charge on any atom is -0.507 e. The fourth-order valence-corrected chi connectivity index (χ4v) is 3.57. The lowest BCUT2D eigenvalue weighted by atomic mass is 9.72. The summed E-state index contributed by atoms with van der Waals surface area (Å²) in [7, 11) is 0. The summed E-state index contributed by atoms with van der Waals surface area (Å²) >= 11 is 0. The highest BCUT2D eigenvalue weighted by atomic mass is 16.3. The van der Waals surface area contributed by atoms with Gasteiger partial charge in [-0.25, -0.2) is 0 Å². The van der Waals surface area contributed by atoms with Gasteiger partial charge in [0.25, 0.3) is 0 Å². The largest absolute Gasteiger partial charge is 0.507 e. The molecule has 0 fully saturated rings. The Balaban J connectivity index is 2.47. The number of hydrogen-bond donors (Lipinski definition) is 1. The zero-order valence-corrected chi connectivity index (χ0v) is 15.4. The van der Waals surface area contributed by atoms with Gasteiger partial charge in [-0.15, -0.1) is 0 Å². The van der Waals surface area contributed by atoms with Crippen LogP contribution in [0.5, 0.6) is 5.75 Å². The molecule has 0 aromatic heterocycles. The monoisotopic (exact) mass is 310 g/mol. The highest BCUT2D eigenvalue weighted by Crippen LogP contribution is 2.39. The lowest BCUT2D eigenvalue weighted by molar-refractivity contribution is 0.284. The Hall–Kier alpha value is -1.76. The third kappa shape index (κ3) is 4.37. The van der Waals surface area contributed by atoms with Crippen LogP contribution in [0.15, 0.2) is 42.5 Å². The number of rotatable bonds is 4. The molecule has 0 aliphatic rings. The van der Waals surface area contributed by atoms with Crippen molar-refractivity contribution in [2.24, 2.45) is 5.41 Å². The maximum Gasteiger partial charge on any atom is 0.123 e. The zero-order valence-electron chi connectivity index (χ0n) is 15.4. The van der Waals surface area contributed by atoms with Crippen molar-refractivity contribution in [3.05, 3.63) is 53.6 Å². The second kappa shape index (κ2) is 6.39. The van der Waals surface area contributed by atoms with Gasteiger partial charge in [0.1, 0.15) is 5.75 Å². The van der Waals surface area contributed by atoms with Crippen LogP contribution in [0.2, 0.25) is 0 Å². The van der Waals surface area contributed by atoms with Crippen LogP contribution < -0.4 is 0 Å². The van der Waals surface area contributed by atoms with Gasteiger partial charge in [-0.1, -0.05) is 71.9 Å². The van der Waals surface area contributed by atoms with E-state index in [1.807, 2.05) is 6.07 Å². The predicted octanol–water partition coefficient (Wildman–Crippen LogP) is 6.34. The Morgan fingerprint density at radius 2 is 1.61 bits per heavy atom. The first-order valence-electron chi connectivity index (χ1n) is 8.55. The van der Waals surface area contributed by atoms with E-state index in [-0.39, 0.29) is 10.8 Å². The smallest absolute Gasteiger partial charge is 0.123 e. The van der Waals surface area contributed by atoms with Gasteiger partial charge in [0.15, 0.2) is 0 Å². The van der Waals surface area contributed by atoms with Crippen LogP contribution in [0.4, 0.5) is 0 Å². The number of phenols is 1. The van der Waals surface area contributed by atoms with Crippen molar-refractivity contribution < 1.29 is 5.11 Å². The Bertz CT molecular complexity index is 675. The van der Waals surface area contributed by atoms with E-state index >= 15 is 0 Å².